The number of benzene rings is 1. The number of halogens is 2. The van der Waals surface area contributed by atoms with E-state index in [1.165, 1.54) is 0 Å². The van der Waals surface area contributed by atoms with Gasteiger partial charge in [-0.15, -0.1) is 0 Å². The summed E-state index contributed by atoms with van der Waals surface area (Å²) in [6.45, 7) is 2.79. The Labute approximate surface area is 119 Å². The summed E-state index contributed by atoms with van der Waals surface area (Å²) >= 11 is 6.92. The van der Waals surface area contributed by atoms with Crippen LogP contribution in [0.15, 0.2) is 22.7 Å². The molecule has 2 nitrogen and oxygen atoms in total. The van der Waals surface area contributed by atoms with E-state index in [-0.39, 0.29) is 5.91 Å². The summed E-state index contributed by atoms with van der Waals surface area (Å²) in [7, 11) is 0. The molecule has 1 aromatic rings. The van der Waals surface area contributed by atoms with Gasteiger partial charge >= 0.3 is 0 Å². The fraction of sp³-hybridized carbons (Fsp3) is 0.462. The molecule has 1 aliphatic carbocycles. The topological polar surface area (TPSA) is 20.3 Å². The summed E-state index contributed by atoms with van der Waals surface area (Å²) in [6, 6.07) is 6.29. The smallest absolute Gasteiger partial charge is 0.255 e. The lowest BCUT2D eigenvalue weighted by Crippen LogP contribution is -2.34. The molecule has 92 valence electrons. The molecule has 1 aromatic carbocycles. The van der Waals surface area contributed by atoms with Crippen LogP contribution in [0.4, 0.5) is 0 Å². The number of nitrogens with zero attached hydrogens (tertiary/aromatic N) is 1. The highest BCUT2D eigenvalue weighted by Gasteiger charge is 2.33. The number of aryl methyl sites for hydroxylation is 1. The van der Waals surface area contributed by atoms with Crippen molar-refractivity contribution in [3.63, 3.8) is 0 Å². The van der Waals surface area contributed by atoms with Gasteiger partial charge in [-0.25, -0.2) is 0 Å². The van der Waals surface area contributed by atoms with Gasteiger partial charge in [-0.3, -0.25) is 4.79 Å². The molecule has 0 saturated heterocycles. The summed E-state index contributed by atoms with van der Waals surface area (Å²) in [4.78, 5) is 14.4. The van der Waals surface area contributed by atoms with E-state index in [2.05, 4.69) is 31.9 Å². The third kappa shape index (κ3) is 2.91. The highest BCUT2D eigenvalue weighted by atomic mass is 79.9. The van der Waals surface area contributed by atoms with Crippen molar-refractivity contribution in [2.45, 2.75) is 25.8 Å². The number of rotatable bonds is 4. The molecule has 0 heterocycles. The first kappa shape index (κ1) is 13.1. The average Bonchev–Trinajstić information content (AvgIpc) is 3.13. The third-order valence-electron chi connectivity index (χ3n) is 3.00. The lowest BCUT2D eigenvalue weighted by atomic mass is 10.1. The van der Waals surface area contributed by atoms with Gasteiger partial charge in [-0.1, -0.05) is 28.1 Å². The zero-order valence-electron chi connectivity index (χ0n) is 9.75. The van der Waals surface area contributed by atoms with E-state index in [0.717, 1.165) is 40.3 Å². The Morgan fingerprint density at radius 1 is 1.47 bits per heavy atom. The molecular weight excluding hydrogens is 346 g/mol. The predicted molar refractivity (Wildman–Crippen MR) is 76.7 cm³/mol. The number of alkyl halides is 1. The first-order valence-electron chi connectivity index (χ1n) is 5.77. The molecule has 0 unspecified atom stereocenters. The van der Waals surface area contributed by atoms with Crippen molar-refractivity contribution in [1.82, 2.24) is 4.90 Å². The molecule has 0 spiro atoms. The summed E-state index contributed by atoms with van der Waals surface area (Å²) in [5.41, 5.74) is 1.88. The second-order valence-corrected chi connectivity index (χ2v) is 5.94. The maximum atomic E-state index is 12.5. The van der Waals surface area contributed by atoms with Crippen LogP contribution < -0.4 is 0 Å². The monoisotopic (exact) mass is 359 g/mol. The van der Waals surface area contributed by atoms with Crippen molar-refractivity contribution in [3.8, 4) is 0 Å². The molecule has 0 aliphatic heterocycles. The first-order valence-corrected chi connectivity index (χ1v) is 7.68. The molecule has 0 bridgehead atoms. The average molecular weight is 361 g/mol. The van der Waals surface area contributed by atoms with Crippen molar-refractivity contribution in [1.29, 1.82) is 0 Å². The van der Waals surface area contributed by atoms with Crippen LogP contribution in [0.5, 0.6) is 0 Å². The zero-order chi connectivity index (χ0) is 12.4. The minimum absolute atomic E-state index is 0.141. The molecular formula is C13H15Br2NO. The van der Waals surface area contributed by atoms with Gasteiger partial charge < -0.3 is 4.90 Å². The van der Waals surface area contributed by atoms with Gasteiger partial charge in [0.25, 0.3) is 5.91 Å². The maximum Gasteiger partial charge on any atom is 0.255 e. The molecule has 1 fully saturated rings. The fourth-order valence-corrected chi connectivity index (χ4v) is 2.71. The lowest BCUT2D eigenvalue weighted by molar-refractivity contribution is 0.0753. The Kier molecular flexibility index (Phi) is 4.26. The summed E-state index contributed by atoms with van der Waals surface area (Å²) in [5, 5.41) is 0.832. The highest BCUT2D eigenvalue weighted by Crippen LogP contribution is 2.30. The summed E-state index contributed by atoms with van der Waals surface area (Å²) < 4.78 is 0.922. The number of amides is 1. The molecule has 0 N–H and O–H groups in total. The number of hydrogen-bond donors (Lipinski definition) is 0. The quantitative estimate of drug-likeness (QED) is 0.748. The Morgan fingerprint density at radius 3 is 2.76 bits per heavy atom. The lowest BCUT2D eigenvalue weighted by Gasteiger charge is -2.22. The molecule has 17 heavy (non-hydrogen) atoms. The normalized spacial score (nSPS) is 14.8. The van der Waals surface area contributed by atoms with Gasteiger partial charge in [0, 0.05) is 22.4 Å². The van der Waals surface area contributed by atoms with Crippen molar-refractivity contribution >= 4 is 37.8 Å². The van der Waals surface area contributed by atoms with Crippen LogP contribution in [0, 0.1) is 6.92 Å². The van der Waals surface area contributed by atoms with E-state index < -0.39 is 0 Å². The minimum atomic E-state index is 0.141. The molecule has 2 rings (SSSR count). The Bertz CT molecular complexity index is 429. The van der Waals surface area contributed by atoms with Crippen LogP contribution in [-0.2, 0) is 0 Å². The van der Waals surface area contributed by atoms with Gasteiger partial charge in [-0.2, -0.15) is 0 Å². The van der Waals surface area contributed by atoms with E-state index in [1.54, 1.807) is 0 Å². The molecule has 0 aromatic heterocycles. The van der Waals surface area contributed by atoms with Gasteiger partial charge in [0.05, 0.1) is 5.56 Å². The van der Waals surface area contributed by atoms with Crippen molar-refractivity contribution < 1.29 is 4.79 Å². The molecule has 1 saturated carbocycles. The van der Waals surface area contributed by atoms with E-state index in [9.17, 15) is 4.79 Å². The predicted octanol–water partition coefficient (Wildman–Crippen LogP) is 3.76. The Morgan fingerprint density at radius 2 is 2.18 bits per heavy atom. The van der Waals surface area contributed by atoms with Crippen LogP contribution in [-0.4, -0.2) is 28.7 Å². The first-order chi connectivity index (χ1) is 8.15. The second kappa shape index (κ2) is 5.53. The summed E-state index contributed by atoms with van der Waals surface area (Å²) in [5.74, 6) is 0.141. The van der Waals surface area contributed by atoms with Gasteiger partial charge in [-0.05, 0) is 47.3 Å². The number of carbonyl (C=O) groups excluding carboxylic acids is 1. The molecule has 0 atom stereocenters. The van der Waals surface area contributed by atoms with E-state index in [4.69, 9.17) is 0 Å². The van der Waals surface area contributed by atoms with Crippen molar-refractivity contribution in [2.24, 2.45) is 0 Å². The second-order valence-electron chi connectivity index (χ2n) is 4.36. The third-order valence-corrected chi connectivity index (χ3v) is 4.40. The van der Waals surface area contributed by atoms with E-state index >= 15 is 0 Å². The van der Waals surface area contributed by atoms with Gasteiger partial charge in [0.1, 0.15) is 0 Å². The maximum absolute atomic E-state index is 12.5. The molecule has 4 heteroatoms. The largest absolute Gasteiger partial charge is 0.335 e. The van der Waals surface area contributed by atoms with E-state index in [1.807, 2.05) is 30.0 Å². The zero-order valence-corrected chi connectivity index (χ0v) is 12.9. The van der Waals surface area contributed by atoms with Crippen LogP contribution in [0.25, 0.3) is 0 Å². The number of carbonyl (C=O) groups is 1. The van der Waals surface area contributed by atoms with Crippen molar-refractivity contribution in [2.75, 3.05) is 11.9 Å². The van der Waals surface area contributed by atoms with Gasteiger partial charge in [0.15, 0.2) is 0 Å². The highest BCUT2D eigenvalue weighted by molar-refractivity contribution is 9.10. The van der Waals surface area contributed by atoms with Crippen molar-refractivity contribution in [3.05, 3.63) is 33.8 Å². The molecule has 0 radical (unpaired) electrons. The van der Waals surface area contributed by atoms with Crippen LogP contribution in [0.2, 0.25) is 0 Å². The fourth-order valence-electron chi connectivity index (χ4n) is 1.89. The summed E-state index contributed by atoms with van der Waals surface area (Å²) in [6.07, 6.45) is 2.28. The SMILES string of the molecule is Cc1cccc(C(=O)N(CCBr)C2CC2)c1Br. The van der Waals surface area contributed by atoms with Crippen LogP contribution in [0.1, 0.15) is 28.8 Å². The molecule has 1 aliphatic rings. The van der Waals surface area contributed by atoms with E-state index in [0.29, 0.717) is 6.04 Å². The standard InChI is InChI=1S/C13H15Br2NO/c1-9-3-2-4-11(12(9)15)13(17)16(8-7-14)10-5-6-10/h2-4,10H,5-8H2,1H3. The minimum Gasteiger partial charge on any atom is -0.335 e. The van der Waals surface area contributed by atoms with Crippen LogP contribution >= 0.6 is 31.9 Å². The van der Waals surface area contributed by atoms with Crippen LogP contribution in [0.3, 0.4) is 0 Å². The Hall–Kier alpha value is -0.350. The Balaban J connectivity index is 2.25. The van der Waals surface area contributed by atoms with Gasteiger partial charge in [0.2, 0.25) is 0 Å². The molecule has 1 amide bonds. The number of hydrogen-bond acceptors (Lipinski definition) is 1.